The van der Waals surface area contributed by atoms with Gasteiger partial charge in [-0.2, -0.15) is 0 Å². The van der Waals surface area contributed by atoms with Crippen molar-refractivity contribution in [1.29, 1.82) is 0 Å². The summed E-state index contributed by atoms with van der Waals surface area (Å²) in [7, 11) is -3.58. The second-order valence-electron chi connectivity index (χ2n) is 5.28. The summed E-state index contributed by atoms with van der Waals surface area (Å²) in [5, 5.41) is 8.66. The topological polar surface area (TPSA) is 71.4 Å². The highest BCUT2D eigenvalue weighted by Gasteiger charge is 2.52. The first-order chi connectivity index (χ1) is 8.88. The maximum Gasteiger partial charge on any atom is 0.314 e. The Morgan fingerprint density at radius 1 is 1.32 bits per heavy atom. The van der Waals surface area contributed by atoms with E-state index in [2.05, 4.69) is 0 Å². The largest absolute Gasteiger partial charge is 0.481 e. The maximum atomic E-state index is 14.0. The van der Waals surface area contributed by atoms with E-state index < -0.39 is 32.3 Å². The fraction of sp³-hybridized carbons (Fsp3) is 0.462. The summed E-state index contributed by atoms with van der Waals surface area (Å²) >= 11 is 0. The molecule has 2 saturated carbocycles. The van der Waals surface area contributed by atoms with Crippen molar-refractivity contribution < 1.29 is 22.7 Å². The van der Waals surface area contributed by atoms with E-state index in [1.54, 1.807) is 0 Å². The van der Waals surface area contributed by atoms with E-state index in [0.29, 0.717) is 31.2 Å². The summed E-state index contributed by atoms with van der Waals surface area (Å²) in [6, 6.07) is 3.71. The van der Waals surface area contributed by atoms with E-state index in [1.807, 2.05) is 0 Å². The number of carboxylic acid groups (broad SMARTS) is 1. The number of carbonyl (C=O) groups is 1. The van der Waals surface area contributed by atoms with Crippen LogP contribution in [0.2, 0.25) is 0 Å². The van der Waals surface area contributed by atoms with E-state index >= 15 is 0 Å². The molecule has 0 aromatic heterocycles. The van der Waals surface area contributed by atoms with Crippen LogP contribution in [0.5, 0.6) is 0 Å². The second-order valence-corrected chi connectivity index (χ2v) is 7.47. The highest BCUT2D eigenvalue weighted by atomic mass is 32.2. The molecule has 0 heterocycles. The first kappa shape index (κ1) is 12.6. The summed E-state index contributed by atoms with van der Waals surface area (Å²) in [5.41, 5.74) is -0.657. The molecular weight excluding hydrogens is 271 g/mol. The average molecular weight is 284 g/mol. The second kappa shape index (κ2) is 3.79. The molecule has 2 fully saturated rings. The predicted octanol–water partition coefficient (Wildman–Crippen LogP) is 1.88. The summed E-state index contributed by atoms with van der Waals surface area (Å²) in [4.78, 5) is 10.8. The molecule has 3 rings (SSSR count). The number of halogens is 1. The van der Waals surface area contributed by atoms with Gasteiger partial charge in [-0.25, -0.2) is 12.8 Å². The fourth-order valence-electron chi connectivity index (χ4n) is 2.34. The molecule has 0 aliphatic heterocycles. The molecule has 1 aromatic rings. The Morgan fingerprint density at radius 2 is 1.95 bits per heavy atom. The molecule has 0 unspecified atom stereocenters. The lowest BCUT2D eigenvalue weighted by molar-refractivity contribution is -0.140. The van der Waals surface area contributed by atoms with Crippen LogP contribution in [0, 0.1) is 5.82 Å². The molecule has 0 atom stereocenters. The van der Waals surface area contributed by atoms with Crippen molar-refractivity contribution in [2.75, 3.05) is 0 Å². The van der Waals surface area contributed by atoms with Crippen molar-refractivity contribution in [3.63, 3.8) is 0 Å². The molecule has 2 aliphatic carbocycles. The van der Waals surface area contributed by atoms with Gasteiger partial charge in [-0.1, -0.05) is 6.07 Å². The lowest BCUT2D eigenvalue weighted by Crippen LogP contribution is -2.20. The molecule has 0 bridgehead atoms. The van der Waals surface area contributed by atoms with Crippen LogP contribution in [0.4, 0.5) is 4.39 Å². The van der Waals surface area contributed by atoms with Crippen LogP contribution in [-0.2, 0) is 20.0 Å². The van der Waals surface area contributed by atoms with Crippen molar-refractivity contribution in [1.82, 2.24) is 0 Å². The van der Waals surface area contributed by atoms with Crippen LogP contribution in [0.15, 0.2) is 23.1 Å². The lowest BCUT2D eigenvalue weighted by Gasteiger charge is -2.12. The molecule has 19 heavy (non-hydrogen) atoms. The van der Waals surface area contributed by atoms with Crippen LogP contribution < -0.4 is 0 Å². The minimum absolute atomic E-state index is 0.306. The molecular formula is C13H13FO4S. The fourth-order valence-corrected chi connectivity index (χ4v) is 4.04. The Bertz CT molecular complexity index is 657. The van der Waals surface area contributed by atoms with Crippen LogP contribution in [0.25, 0.3) is 0 Å². The van der Waals surface area contributed by atoms with Gasteiger partial charge in [0.25, 0.3) is 0 Å². The van der Waals surface area contributed by atoms with E-state index in [-0.39, 0.29) is 4.90 Å². The predicted molar refractivity (Wildman–Crippen MR) is 65.2 cm³/mol. The van der Waals surface area contributed by atoms with E-state index in [9.17, 15) is 17.6 Å². The Morgan fingerprint density at radius 3 is 2.37 bits per heavy atom. The molecule has 1 aromatic carbocycles. The highest BCUT2D eigenvalue weighted by Crippen LogP contribution is 2.49. The zero-order chi connectivity index (χ0) is 13.8. The number of hydrogen-bond donors (Lipinski definition) is 1. The Hall–Kier alpha value is -1.43. The molecule has 1 N–H and O–H groups in total. The Labute approximate surface area is 110 Å². The molecule has 4 nitrogen and oxygen atoms in total. The number of hydrogen-bond acceptors (Lipinski definition) is 3. The van der Waals surface area contributed by atoms with Crippen LogP contribution in [-0.4, -0.2) is 24.7 Å². The molecule has 0 saturated heterocycles. The van der Waals surface area contributed by atoms with Crippen molar-refractivity contribution >= 4 is 15.8 Å². The molecule has 0 spiro atoms. The van der Waals surface area contributed by atoms with Gasteiger partial charge in [-0.15, -0.1) is 0 Å². The minimum Gasteiger partial charge on any atom is -0.481 e. The third kappa shape index (κ3) is 1.85. The van der Waals surface area contributed by atoms with Gasteiger partial charge in [0.15, 0.2) is 9.84 Å². The SMILES string of the molecule is O=C(O)C1(c2ccc(S(=O)(=O)C3CC3)c(F)c2)CC1. The summed E-state index contributed by atoms with van der Waals surface area (Å²) in [5.74, 6) is -1.82. The zero-order valence-electron chi connectivity index (χ0n) is 10.1. The van der Waals surface area contributed by atoms with Gasteiger partial charge in [0.05, 0.1) is 10.7 Å². The van der Waals surface area contributed by atoms with Crippen LogP contribution in [0.1, 0.15) is 31.2 Å². The Balaban J connectivity index is 2.02. The lowest BCUT2D eigenvalue weighted by atomic mass is 9.96. The number of aliphatic carboxylic acids is 1. The third-order valence-electron chi connectivity index (χ3n) is 3.91. The molecule has 2 aliphatic rings. The van der Waals surface area contributed by atoms with Crippen molar-refractivity contribution in [2.24, 2.45) is 0 Å². The van der Waals surface area contributed by atoms with Gasteiger partial charge in [0.1, 0.15) is 10.7 Å². The first-order valence-corrected chi connectivity index (χ1v) is 7.70. The van der Waals surface area contributed by atoms with E-state index in [1.165, 1.54) is 12.1 Å². The van der Waals surface area contributed by atoms with Crippen LogP contribution >= 0.6 is 0 Å². The van der Waals surface area contributed by atoms with Gasteiger partial charge in [0.2, 0.25) is 0 Å². The molecule has 0 amide bonds. The number of benzene rings is 1. The summed E-state index contributed by atoms with van der Waals surface area (Å²) < 4.78 is 37.9. The number of sulfone groups is 1. The monoisotopic (exact) mass is 284 g/mol. The maximum absolute atomic E-state index is 14.0. The highest BCUT2D eigenvalue weighted by molar-refractivity contribution is 7.92. The quantitative estimate of drug-likeness (QED) is 0.916. The number of rotatable bonds is 4. The average Bonchev–Trinajstić information content (AvgIpc) is 3.19. The zero-order valence-corrected chi connectivity index (χ0v) is 10.9. The first-order valence-electron chi connectivity index (χ1n) is 6.15. The standard InChI is InChI=1S/C13H13FO4S/c14-10-7-8(13(5-6-13)12(15)16)1-4-11(10)19(17,18)9-2-3-9/h1,4,7,9H,2-3,5-6H2,(H,15,16). The van der Waals surface area contributed by atoms with Gasteiger partial charge in [0, 0.05) is 0 Å². The molecule has 6 heteroatoms. The third-order valence-corrected chi connectivity index (χ3v) is 6.21. The molecule has 0 radical (unpaired) electrons. The van der Waals surface area contributed by atoms with Crippen molar-refractivity contribution in [3.8, 4) is 0 Å². The smallest absolute Gasteiger partial charge is 0.314 e. The minimum atomic E-state index is -3.58. The number of carboxylic acids is 1. The summed E-state index contributed by atoms with van der Waals surface area (Å²) in [6.45, 7) is 0. The van der Waals surface area contributed by atoms with E-state index in [4.69, 9.17) is 5.11 Å². The van der Waals surface area contributed by atoms with Crippen molar-refractivity contribution in [3.05, 3.63) is 29.6 Å². The van der Waals surface area contributed by atoms with E-state index in [0.717, 1.165) is 6.07 Å². The van der Waals surface area contributed by atoms with Crippen molar-refractivity contribution in [2.45, 2.75) is 41.2 Å². The van der Waals surface area contributed by atoms with Gasteiger partial charge >= 0.3 is 5.97 Å². The van der Waals surface area contributed by atoms with Gasteiger partial charge < -0.3 is 5.11 Å². The molecule has 102 valence electrons. The normalized spacial score (nSPS) is 21.1. The summed E-state index contributed by atoms with van der Waals surface area (Å²) in [6.07, 6.45) is 2.08. The van der Waals surface area contributed by atoms with Gasteiger partial charge in [-0.3, -0.25) is 4.79 Å². The Kier molecular flexibility index (Phi) is 2.51. The van der Waals surface area contributed by atoms with Gasteiger partial charge in [-0.05, 0) is 43.4 Å². The van der Waals surface area contributed by atoms with Crippen LogP contribution in [0.3, 0.4) is 0 Å².